The molecule has 1 aromatic rings. The number of aromatic nitrogens is 1. The summed E-state index contributed by atoms with van der Waals surface area (Å²) >= 11 is 11.3. The molecule has 0 aliphatic carbocycles. The van der Waals surface area contributed by atoms with Gasteiger partial charge in [0.1, 0.15) is 23.4 Å². The highest BCUT2D eigenvalue weighted by atomic mass is 35.5. The Labute approximate surface area is 118 Å². The molecule has 1 aromatic heterocycles. The maximum atomic E-state index is 12.1. The Bertz CT molecular complexity index is 499. The number of carbonyl (C=O) groups is 3. The Morgan fingerprint density at radius 3 is 1.84 bits per heavy atom. The van der Waals surface area contributed by atoms with Gasteiger partial charge in [0, 0.05) is 5.56 Å². The second kappa shape index (κ2) is 6.35. The summed E-state index contributed by atoms with van der Waals surface area (Å²) in [4.78, 5) is 38.4. The number of hydrogen-bond acceptors (Lipinski definition) is 4. The van der Waals surface area contributed by atoms with Crippen molar-refractivity contribution >= 4 is 40.9 Å². The third kappa shape index (κ3) is 4.72. The van der Waals surface area contributed by atoms with Crippen LogP contribution in [-0.2, 0) is 9.59 Å². The first-order valence-electron chi connectivity index (χ1n) is 4.98. The van der Waals surface area contributed by atoms with E-state index in [0.29, 0.717) is 0 Å². The number of amides is 3. The van der Waals surface area contributed by atoms with Gasteiger partial charge in [0.25, 0.3) is 5.91 Å². The Hall–Kier alpha value is -1.86. The van der Waals surface area contributed by atoms with Gasteiger partial charge in [0.05, 0.1) is 0 Å². The molecule has 4 N–H and O–H groups in total. The molecule has 0 aromatic carbocycles. The average Bonchev–Trinajstić information content (AvgIpc) is 2.24. The van der Waals surface area contributed by atoms with Crippen molar-refractivity contribution in [3.63, 3.8) is 0 Å². The predicted molar refractivity (Wildman–Crippen MR) is 68.5 cm³/mol. The van der Waals surface area contributed by atoms with Crippen molar-refractivity contribution in [2.24, 2.45) is 11.5 Å². The molecule has 9 heteroatoms. The Morgan fingerprint density at radius 1 is 1.05 bits per heavy atom. The quantitative estimate of drug-likeness (QED) is 0.732. The first-order valence-corrected chi connectivity index (χ1v) is 5.74. The Kier molecular flexibility index (Phi) is 5.08. The van der Waals surface area contributed by atoms with Crippen molar-refractivity contribution in [3.8, 4) is 0 Å². The number of pyridine rings is 1. The van der Waals surface area contributed by atoms with Gasteiger partial charge in [0.15, 0.2) is 0 Å². The zero-order valence-corrected chi connectivity index (χ0v) is 11.1. The molecule has 0 saturated heterocycles. The summed E-state index contributed by atoms with van der Waals surface area (Å²) in [5.74, 6) is -2.20. The highest BCUT2D eigenvalue weighted by molar-refractivity contribution is 6.33. The van der Waals surface area contributed by atoms with Gasteiger partial charge in [-0.1, -0.05) is 23.2 Å². The first kappa shape index (κ1) is 15.2. The van der Waals surface area contributed by atoms with Crippen molar-refractivity contribution in [2.45, 2.75) is 0 Å². The van der Waals surface area contributed by atoms with Gasteiger partial charge in [-0.05, 0) is 12.1 Å². The van der Waals surface area contributed by atoms with E-state index in [1.54, 1.807) is 0 Å². The molecule has 0 atom stereocenters. The number of halogens is 2. The van der Waals surface area contributed by atoms with E-state index < -0.39 is 30.8 Å². The van der Waals surface area contributed by atoms with Crippen LogP contribution < -0.4 is 11.5 Å². The molecule has 7 nitrogen and oxygen atoms in total. The minimum absolute atomic E-state index is 0.00829. The molecule has 1 heterocycles. The normalized spacial score (nSPS) is 10.0. The molecule has 0 aliphatic heterocycles. The molecule has 1 rings (SSSR count). The minimum atomic E-state index is -0.777. The molecule has 0 unspecified atom stereocenters. The molecule has 0 radical (unpaired) electrons. The maximum Gasteiger partial charge on any atom is 0.255 e. The van der Waals surface area contributed by atoms with Crippen molar-refractivity contribution in [1.29, 1.82) is 0 Å². The second-order valence-electron chi connectivity index (χ2n) is 3.60. The number of rotatable bonds is 5. The zero-order valence-electron chi connectivity index (χ0n) is 9.60. The van der Waals surface area contributed by atoms with E-state index in [1.165, 1.54) is 12.1 Å². The minimum Gasteiger partial charge on any atom is -0.368 e. The van der Waals surface area contributed by atoms with E-state index >= 15 is 0 Å². The molecule has 3 amide bonds. The van der Waals surface area contributed by atoms with Gasteiger partial charge in [-0.2, -0.15) is 0 Å². The SMILES string of the molecule is NC(=O)CN(CC(N)=O)C(=O)c1cc(Cl)nc(Cl)c1. The van der Waals surface area contributed by atoms with Crippen LogP contribution >= 0.6 is 23.2 Å². The maximum absolute atomic E-state index is 12.1. The fourth-order valence-electron chi connectivity index (χ4n) is 1.35. The van der Waals surface area contributed by atoms with Crippen LogP contribution in [0.5, 0.6) is 0 Å². The monoisotopic (exact) mass is 304 g/mol. The highest BCUT2D eigenvalue weighted by Crippen LogP contribution is 2.16. The summed E-state index contributed by atoms with van der Waals surface area (Å²) in [7, 11) is 0. The Morgan fingerprint density at radius 2 is 1.47 bits per heavy atom. The first-order chi connectivity index (χ1) is 8.79. The van der Waals surface area contributed by atoms with Crippen LogP contribution in [0.25, 0.3) is 0 Å². The van der Waals surface area contributed by atoms with E-state index in [1.807, 2.05) is 0 Å². The fraction of sp³-hybridized carbons (Fsp3) is 0.200. The van der Waals surface area contributed by atoms with Crippen LogP contribution in [0.1, 0.15) is 10.4 Å². The molecule has 0 fully saturated rings. The van der Waals surface area contributed by atoms with Crippen LogP contribution in [0.3, 0.4) is 0 Å². The van der Waals surface area contributed by atoms with E-state index in [2.05, 4.69) is 4.98 Å². The lowest BCUT2D eigenvalue weighted by Crippen LogP contribution is -2.43. The van der Waals surface area contributed by atoms with Crippen LogP contribution in [0.4, 0.5) is 0 Å². The standard InChI is InChI=1S/C10H10Cl2N4O3/c11-6-1-5(2-7(12)15-6)10(19)16(3-8(13)17)4-9(14)18/h1-2H,3-4H2,(H2,13,17)(H2,14,18). The number of hydrogen-bond donors (Lipinski definition) is 2. The lowest BCUT2D eigenvalue weighted by molar-refractivity contribution is -0.121. The van der Waals surface area contributed by atoms with Crippen molar-refractivity contribution in [3.05, 3.63) is 28.0 Å². The van der Waals surface area contributed by atoms with E-state index in [0.717, 1.165) is 4.90 Å². The summed E-state index contributed by atoms with van der Waals surface area (Å²) in [6.07, 6.45) is 0. The van der Waals surface area contributed by atoms with Gasteiger partial charge >= 0.3 is 0 Å². The van der Waals surface area contributed by atoms with Crippen molar-refractivity contribution < 1.29 is 14.4 Å². The molecule has 0 spiro atoms. The van der Waals surface area contributed by atoms with E-state index in [-0.39, 0.29) is 15.9 Å². The van der Waals surface area contributed by atoms with E-state index in [4.69, 9.17) is 34.7 Å². The van der Waals surface area contributed by atoms with Crippen molar-refractivity contribution in [2.75, 3.05) is 13.1 Å². The number of nitrogens with zero attached hydrogens (tertiary/aromatic N) is 2. The van der Waals surface area contributed by atoms with Gasteiger partial charge in [-0.3, -0.25) is 14.4 Å². The van der Waals surface area contributed by atoms with Gasteiger partial charge in [-0.25, -0.2) is 4.98 Å². The smallest absolute Gasteiger partial charge is 0.255 e. The van der Waals surface area contributed by atoms with Gasteiger partial charge in [0.2, 0.25) is 11.8 Å². The lowest BCUT2D eigenvalue weighted by atomic mass is 10.2. The number of nitrogens with two attached hydrogens (primary N) is 2. The Balaban J connectivity index is 3.03. The molecule has 0 aliphatic rings. The highest BCUT2D eigenvalue weighted by Gasteiger charge is 2.20. The predicted octanol–water partition coefficient (Wildman–Crippen LogP) is -0.199. The summed E-state index contributed by atoms with van der Waals surface area (Å²) in [5.41, 5.74) is 10.1. The third-order valence-electron chi connectivity index (χ3n) is 1.99. The second-order valence-corrected chi connectivity index (χ2v) is 4.37. The molecular formula is C10H10Cl2N4O3. The molecular weight excluding hydrogens is 295 g/mol. The van der Waals surface area contributed by atoms with Crippen LogP contribution in [0.2, 0.25) is 10.3 Å². The fourth-order valence-corrected chi connectivity index (χ4v) is 1.81. The van der Waals surface area contributed by atoms with Gasteiger partial charge in [-0.15, -0.1) is 0 Å². The largest absolute Gasteiger partial charge is 0.368 e. The number of primary amides is 2. The number of carbonyl (C=O) groups excluding carboxylic acids is 3. The van der Waals surface area contributed by atoms with Crippen molar-refractivity contribution in [1.82, 2.24) is 9.88 Å². The third-order valence-corrected chi connectivity index (χ3v) is 2.38. The summed E-state index contributed by atoms with van der Waals surface area (Å²) in [5, 5.41) is 0.0166. The molecule has 0 saturated carbocycles. The molecule has 0 bridgehead atoms. The average molecular weight is 305 g/mol. The molecule has 102 valence electrons. The summed E-state index contributed by atoms with van der Waals surface area (Å²) < 4.78 is 0. The van der Waals surface area contributed by atoms with Gasteiger partial charge < -0.3 is 16.4 Å². The van der Waals surface area contributed by atoms with Crippen LogP contribution in [0.15, 0.2) is 12.1 Å². The van der Waals surface area contributed by atoms with Crippen LogP contribution in [0, 0.1) is 0 Å². The zero-order chi connectivity index (χ0) is 14.6. The topological polar surface area (TPSA) is 119 Å². The summed E-state index contributed by atoms with van der Waals surface area (Å²) in [6.45, 7) is -0.890. The van der Waals surface area contributed by atoms with Crippen LogP contribution in [-0.4, -0.2) is 40.7 Å². The lowest BCUT2D eigenvalue weighted by Gasteiger charge is -2.19. The summed E-state index contributed by atoms with van der Waals surface area (Å²) in [6, 6.07) is 2.51. The van der Waals surface area contributed by atoms with E-state index in [9.17, 15) is 14.4 Å². The molecule has 19 heavy (non-hydrogen) atoms.